The summed E-state index contributed by atoms with van der Waals surface area (Å²) in [5, 5.41) is 78.6. The Morgan fingerprint density at radius 3 is 2.26 bits per heavy atom. The molecule has 2 saturated heterocycles. The normalized spacial score (nSPS) is 47.9. The van der Waals surface area contributed by atoms with Crippen molar-refractivity contribution >= 4 is 5.91 Å². The fourth-order valence-corrected chi connectivity index (χ4v) is 5.22. The third kappa shape index (κ3) is 6.85. The predicted octanol–water partition coefficient (Wildman–Crippen LogP) is -7.52. The van der Waals surface area contributed by atoms with Crippen molar-refractivity contribution in [2.75, 3.05) is 26.7 Å². The summed E-state index contributed by atoms with van der Waals surface area (Å²) >= 11 is 0. The van der Waals surface area contributed by atoms with E-state index < -0.39 is 97.1 Å². The number of rotatable bonds is 9. The van der Waals surface area contributed by atoms with E-state index in [1.807, 2.05) is 0 Å². The second-order valence-corrected chi connectivity index (χ2v) is 10.5. The van der Waals surface area contributed by atoms with Gasteiger partial charge in [0.05, 0.1) is 18.7 Å². The van der Waals surface area contributed by atoms with E-state index in [9.17, 15) is 40.5 Å². The number of aliphatic hydroxyl groups is 7. The zero-order valence-electron chi connectivity index (χ0n) is 21.8. The SMILES string of the molecule is CN[C@@H]1[C@@H](O)[C@@H](O[C@@H]2[C@@H](O)[C@@H](O[C@H]3O[C@H](CN)[C@@H](O)[C@H](O)[C@H]3O)[C@@H](NC(=O)C(O)CN)C[C@@H]2N)OC[C@]1(C)O. The molecule has 0 aromatic rings. The van der Waals surface area contributed by atoms with E-state index in [1.54, 1.807) is 0 Å². The molecule has 228 valence electrons. The first-order valence-corrected chi connectivity index (χ1v) is 12.8. The number of ether oxygens (including phenoxy) is 4. The predicted molar refractivity (Wildman–Crippen MR) is 130 cm³/mol. The van der Waals surface area contributed by atoms with Crippen LogP contribution in [0, 0.1) is 0 Å². The standard InChI is InChI=1S/C22H43N5O12/c1-22(35)6-36-20(15(33)18(22)26-2)38-16-7(25)3-8(27-19(34)9(28)4-23)17(14(16)32)39-21-13(31)12(30)11(29)10(5-24)37-21/h7-18,20-21,26,28-33,35H,3-6,23-25H2,1-2H3,(H,27,34)/t7-,8-,9?,10+,11+,12-,13+,14+,15+,16-,17-,18+,20+,21+,22-/m0/s1. The molecule has 17 heteroatoms. The van der Waals surface area contributed by atoms with Crippen LogP contribution in [0.1, 0.15) is 13.3 Å². The van der Waals surface area contributed by atoms with Crippen LogP contribution in [0.25, 0.3) is 0 Å². The number of nitrogens with two attached hydrogens (primary N) is 3. The Bertz CT molecular complexity index is 811. The van der Waals surface area contributed by atoms with Crippen LogP contribution in [0.4, 0.5) is 0 Å². The van der Waals surface area contributed by atoms with Crippen molar-refractivity contribution in [1.29, 1.82) is 0 Å². The molecular weight excluding hydrogens is 526 g/mol. The van der Waals surface area contributed by atoms with Crippen molar-refractivity contribution in [2.45, 2.75) is 105 Å². The summed E-state index contributed by atoms with van der Waals surface area (Å²) in [5.74, 6) is -0.875. The van der Waals surface area contributed by atoms with Gasteiger partial charge in [-0.25, -0.2) is 0 Å². The molecule has 1 aliphatic carbocycles. The van der Waals surface area contributed by atoms with Gasteiger partial charge in [-0.2, -0.15) is 0 Å². The lowest BCUT2D eigenvalue weighted by Crippen LogP contribution is -2.70. The highest BCUT2D eigenvalue weighted by atomic mass is 16.7. The number of hydrogen-bond donors (Lipinski definition) is 12. The maximum absolute atomic E-state index is 12.4. The lowest BCUT2D eigenvalue weighted by atomic mass is 9.83. The lowest BCUT2D eigenvalue weighted by Gasteiger charge is -2.49. The van der Waals surface area contributed by atoms with Gasteiger partial charge in [-0.15, -0.1) is 0 Å². The molecule has 0 aromatic heterocycles. The van der Waals surface area contributed by atoms with Gasteiger partial charge in [0, 0.05) is 19.1 Å². The van der Waals surface area contributed by atoms with Gasteiger partial charge in [0.1, 0.15) is 60.5 Å². The highest BCUT2D eigenvalue weighted by molar-refractivity contribution is 5.81. The molecule has 3 fully saturated rings. The average Bonchev–Trinajstić information content (AvgIpc) is 2.89. The lowest BCUT2D eigenvalue weighted by molar-refractivity contribution is -0.330. The van der Waals surface area contributed by atoms with Gasteiger partial charge in [0.15, 0.2) is 12.6 Å². The maximum atomic E-state index is 12.4. The van der Waals surface area contributed by atoms with Gasteiger partial charge in [-0.05, 0) is 20.4 Å². The fraction of sp³-hybridized carbons (Fsp3) is 0.955. The Morgan fingerprint density at radius 2 is 1.67 bits per heavy atom. The Hall–Kier alpha value is -1.13. The second kappa shape index (κ2) is 13.2. The van der Waals surface area contributed by atoms with E-state index in [-0.39, 0.29) is 26.1 Å². The van der Waals surface area contributed by atoms with Gasteiger partial charge in [-0.1, -0.05) is 0 Å². The number of likely N-dealkylation sites (N-methyl/N-ethyl adjacent to an activating group) is 1. The molecule has 39 heavy (non-hydrogen) atoms. The maximum Gasteiger partial charge on any atom is 0.250 e. The number of amides is 1. The van der Waals surface area contributed by atoms with Crippen LogP contribution in [0.2, 0.25) is 0 Å². The van der Waals surface area contributed by atoms with E-state index in [0.29, 0.717) is 0 Å². The highest BCUT2D eigenvalue weighted by Crippen LogP contribution is 2.32. The summed E-state index contributed by atoms with van der Waals surface area (Å²) in [5.41, 5.74) is 15.8. The quantitative estimate of drug-likeness (QED) is 0.123. The monoisotopic (exact) mass is 569 g/mol. The van der Waals surface area contributed by atoms with Crippen LogP contribution in [-0.4, -0.2) is 160 Å². The smallest absolute Gasteiger partial charge is 0.250 e. The number of hydrogen-bond acceptors (Lipinski definition) is 16. The van der Waals surface area contributed by atoms with Gasteiger partial charge >= 0.3 is 0 Å². The molecule has 1 unspecified atom stereocenters. The van der Waals surface area contributed by atoms with Gasteiger partial charge in [0.25, 0.3) is 0 Å². The number of aliphatic hydroxyl groups excluding tert-OH is 6. The summed E-state index contributed by atoms with van der Waals surface area (Å²) in [6, 6.07) is -2.88. The second-order valence-electron chi connectivity index (χ2n) is 10.5. The minimum absolute atomic E-state index is 0.0836. The van der Waals surface area contributed by atoms with Crippen molar-refractivity contribution in [1.82, 2.24) is 10.6 Å². The summed E-state index contributed by atoms with van der Waals surface area (Å²) < 4.78 is 22.7. The highest BCUT2D eigenvalue weighted by Gasteiger charge is 2.53. The molecule has 15 atom stereocenters. The summed E-state index contributed by atoms with van der Waals surface area (Å²) in [4.78, 5) is 12.4. The Balaban J connectivity index is 1.84. The minimum atomic E-state index is -1.77. The summed E-state index contributed by atoms with van der Waals surface area (Å²) in [6.07, 6.45) is -16.4. The average molecular weight is 570 g/mol. The third-order valence-corrected chi connectivity index (χ3v) is 7.50. The van der Waals surface area contributed by atoms with Crippen LogP contribution in [-0.2, 0) is 23.7 Å². The van der Waals surface area contributed by atoms with Crippen LogP contribution in [0.15, 0.2) is 0 Å². The van der Waals surface area contributed by atoms with Crippen molar-refractivity contribution in [2.24, 2.45) is 17.2 Å². The molecule has 0 spiro atoms. The largest absolute Gasteiger partial charge is 0.388 e. The molecule has 2 aliphatic heterocycles. The first-order chi connectivity index (χ1) is 18.3. The van der Waals surface area contributed by atoms with E-state index in [4.69, 9.17) is 36.1 Å². The van der Waals surface area contributed by atoms with Crippen LogP contribution >= 0.6 is 0 Å². The first-order valence-electron chi connectivity index (χ1n) is 12.8. The molecule has 3 aliphatic rings. The molecular formula is C22H43N5O12. The minimum Gasteiger partial charge on any atom is -0.388 e. The summed E-state index contributed by atoms with van der Waals surface area (Å²) in [7, 11) is 1.54. The Morgan fingerprint density at radius 1 is 1.03 bits per heavy atom. The van der Waals surface area contributed by atoms with E-state index in [2.05, 4.69) is 10.6 Å². The molecule has 2 heterocycles. The van der Waals surface area contributed by atoms with E-state index in [0.717, 1.165) is 0 Å². The molecule has 0 aromatic carbocycles. The molecule has 1 saturated carbocycles. The molecule has 17 nitrogen and oxygen atoms in total. The topological polar surface area (TPSA) is 298 Å². The third-order valence-electron chi connectivity index (χ3n) is 7.50. The molecule has 3 rings (SSSR count). The van der Waals surface area contributed by atoms with Gasteiger partial charge in [0.2, 0.25) is 5.91 Å². The molecule has 0 bridgehead atoms. The van der Waals surface area contributed by atoms with Crippen LogP contribution in [0.3, 0.4) is 0 Å². The Kier molecular flexibility index (Phi) is 11.0. The zero-order chi connectivity index (χ0) is 29.2. The summed E-state index contributed by atoms with van der Waals surface area (Å²) in [6.45, 7) is 0.642. The van der Waals surface area contributed by atoms with Gasteiger partial charge in [-0.3, -0.25) is 4.79 Å². The van der Waals surface area contributed by atoms with E-state index >= 15 is 0 Å². The number of nitrogens with one attached hydrogen (secondary N) is 2. The van der Waals surface area contributed by atoms with Crippen molar-refractivity contribution in [3.8, 4) is 0 Å². The van der Waals surface area contributed by atoms with Crippen LogP contribution < -0.4 is 27.8 Å². The molecule has 15 N–H and O–H groups in total. The molecule has 1 amide bonds. The Labute approximate surface area is 225 Å². The van der Waals surface area contributed by atoms with Crippen LogP contribution in [0.5, 0.6) is 0 Å². The van der Waals surface area contributed by atoms with Crippen molar-refractivity contribution in [3.05, 3.63) is 0 Å². The van der Waals surface area contributed by atoms with Crippen molar-refractivity contribution in [3.63, 3.8) is 0 Å². The van der Waals surface area contributed by atoms with Gasteiger partial charge < -0.3 is 82.5 Å². The number of carbonyl (C=O) groups excluding carboxylic acids is 1. The first kappa shape index (κ1) is 32.4. The molecule has 0 radical (unpaired) electrons. The number of carbonyl (C=O) groups is 1. The van der Waals surface area contributed by atoms with Crippen molar-refractivity contribution < 1.29 is 59.5 Å². The zero-order valence-corrected chi connectivity index (χ0v) is 21.8. The fourth-order valence-electron chi connectivity index (χ4n) is 5.22. The van der Waals surface area contributed by atoms with E-state index in [1.165, 1.54) is 14.0 Å².